The van der Waals surface area contributed by atoms with E-state index < -0.39 is 0 Å². The minimum Gasteiger partial charge on any atom is -0.375 e. The number of nitrogens with one attached hydrogen (secondary N) is 2. The predicted octanol–water partition coefficient (Wildman–Crippen LogP) is 2.84. The van der Waals surface area contributed by atoms with Crippen LogP contribution in [0.15, 0.2) is 36.7 Å². The van der Waals surface area contributed by atoms with Crippen molar-refractivity contribution >= 4 is 11.4 Å². The Morgan fingerprint density at radius 2 is 2.24 bits per heavy atom. The van der Waals surface area contributed by atoms with Crippen molar-refractivity contribution in [1.82, 2.24) is 4.98 Å². The Morgan fingerprint density at radius 1 is 1.41 bits per heavy atom. The smallest absolute Gasteiger partial charge is 0.292 e. The third-order valence-corrected chi connectivity index (χ3v) is 2.49. The third kappa shape index (κ3) is 2.63. The highest BCUT2D eigenvalue weighted by molar-refractivity contribution is 5.62. The Kier molecular flexibility index (Phi) is 3.09. The van der Waals surface area contributed by atoms with Gasteiger partial charge in [-0.3, -0.25) is 10.1 Å². The van der Waals surface area contributed by atoms with Gasteiger partial charge in [0.15, 0.2) is 0 Å². The van der Waals surface area contributed by atoms with Crippen LogP contribution in [0.4, 0.5) is 11.4 Å². The van der Waals surface area contributed by atoms with Crippen molar-refractivity contribution in [1.29, 1.82) is 0 Å². The third-order valence-electron chi connectivity index (χ3n) is 2.49. The summed E-state index contributed by atoms with van der Waals surface area (Å²) >= 11 is 0. The summed E-state index contributed by atoms with van der Waals surface area (Å²) in [4.78, 5) is 13.4. The van der Waals surface area contributed by atoms with Gasteiger partial charge < -0.3 is 10.3 Å². The SMILES string of the molecule is Cc1ccc([N+](=O)[O-])c(NCc2cc[nH]c2)c1. The van der Waals surface area contributed by atoms with E-state index in [-0.39, 0.29) is 10.6 Å². The van der Waals surface area contributed by atoms with Crippen molar-refractivity contribution in [2.24, 2.45) is 0 Å². The number of aromatic nitrogens is 1. The van der Waals surface area contributed by atoms with Crippen LogP contribution in [-0.4, -0.2) is 9.91 Å². The normalized spacial score (nSPS) is 10.2. The molecule has 0 bridgehead atoms. The molecule has 0 aliphatic rings. The van der Waals surface area contributed by atoms with Crippen molar-refractivity contribution in [2.45, 2.75) is 13.5 Å². The van der Waals surface area contributed by atoms with Crippen molar-refractivity contribution in [3.8, 4) is 0 Å². The molecule has 2 aromatic rings. The minimum absolute atomic E-state index is 0.103. The van der Waals surface area contributed by atoms with Gasteiger partial charge in [-0.2, -0.15) is 0 Å². The maximum absolute atomic E-state index is 10.9. The lowest BCUT2D eigenvalue weighted by Gasteiger charge is -2.06. The Hall–Kier alpha value is -2.30. The number of H-pyrrole nitrogens is 1. The fourth-order valence-corrected chi connectivity index (χ4v) is 1.62. The Bertz CT molecular complexity index is 521. The molecule has 5 nitrogen and oxygen atoms in total. The number of rotatable bonds is 4. The molecule has 0 aliphatic heterocycles. The highest BCUT2D eigenvalue weighted by Crippen LogP contribution is 2.25. The molecule has 2 N–H and O–H groups in total. The zero-order valence-corrected chi connectivity index (χ0v) is 9.43. The molecule has 0 fully saturated rings. The maximum atomic E-state index is 10.9. The molecule has 1 aromatic heterocycles. The summed E-state index contributed by atoms with van der Waals surface area (Å²) in [6.45, 7) is 2.47. The van der Waals surface area contributed by atoms with Crippen LogP contribution >= 0.6 is 0 Å². The topological polar surface area (TPSA) is 71.0 Å². The van der Waals surface area contributed by atoms with Gasteiger partial charge in [0.05, 0.1) is 4.92 Å². The number of hydrogen-bond acceptors (Lipinski definition) is 3. The Balaban J connectivity index is 2.19. The lowest BCUT2D eigenvalue weighted by molar-refractivity contribution is -0.384. The maximum Gasteiger partial charge on any atom is 0.292 e. The number of nitrogens with zero attached hydrogens (tertiary/aromatic N) is 1. The van der Waals surface area contributed by atoms with Crippen molar-refractivity contribution in [3.05, 3.63) is 57.9 Å². The van der Waals surface area contributed by atoms with Gasteiger partial charge in [0.2, 0.25) is 0 Å². The molecule has 0 unspecified atom stereocenters. The van der Waals surface area contributed by atoms with Gasteiger partial charge in [-0.15, -0.1) is 0 Å². The molecule has 0 aliphatic carbocycles. The van der Waals surface area contributed by atoms with E-state index in [4.69, 9.17) is 0 Å². The molecule has 0 saturated carbocycles. The quantitative estimate of drug-likeness (QED) is 0.627. The van der Waals surface area contributed by atoms with Crippen LogP contribution in [0.3, 0.4) is 0 Å². The molecule has 88 valence electrons. The van der Waals surface area contributed by atoms with E-state index in [1.54, 1.807) is 12.1 Å². The van der Waals surface area contributed by atoms with Gasteiger partial charge in [-0.05, 0) is 30.2 Å². The summed E-state index contributed by atoms with van der Waals surface area (Å²) in [5.74, 6) is 0. The van der Waals surface area contributed by atoms with Gasteiger partial charge in [0.1, 0.15) is 5.69 Å². The molecule has 0 saturated heterocycles. The molecule has 0 radical (unpaired) electrons. The van der Waals surface area contributed by atoms with Crippen molar-refractivity contribution in [3.63, 3.8) is 0 Å². The van der Waals surface area contributed by atoms with E-state index in [1.165, 1.54) is 6.07 Å². The monoisotopic (exact) mass is 231 g/mol. The summed E-state index contributed by atoms with van der Waals surface area (Å²) in [7, 11) is 0. The molecule has 0 spiro atoms. The molecule has 2 rings (SSSR count). The number of anilines is 1. The first-order valence-corrected chi connectivity index (χ1v) is 5.27. The summed E-state index contributed by atoms with van der Waals surface area (Å²) in [5.41, 5.74) is 2.70. The summed E-state index contributed by atoms with van der Waals surface area (Å²) in [6.07, 6.45) is 3.68. The number of benzene rings is 1. The van der Waals surface area contributed by atoms with Crippen LogP contribution in [0, 0.1) is 17.0 Å². The summed E-state index contributed by atoms with van der Waals surface area (Å²) < 4.78 is 0. The van der Waals surface area contributed by atoms with Gasteiger partial charge in [0.25, 0.3) is 5.69 Å². The predicted molar refractivity (Wildman–Crippen MR) is 66.0 cm³/mol. The number of nitro benzene ring substituents is 1. The molecule has 1 aromatic carbocycles. The number of aromatic amines is 1. The van der Waals surface area contributed by atoms with Crippen LogP contribution in [0.2, 0.25) is 0 Å². The number of hydrogen-bond donors (Lipinski definition) is 2. The lowest BCUT2D eigenvalue weighted by Crippen LogP contribution is -2.02. The van der Waals surface area contributed by atoms with Crippen LogP contribution in [-0.2, 0) is 6.54 Å². The standard InChI is InChI=1S/C12H13N3O2/c1-9-2-3-12(15(16)17)11(6-9)14-8-10-4-5-13-7-10/h2-7,13-14H,8H2,1H3. The van der Waals surface area contributed by atoms with Gasteiger partial charge in [-0.1, -0.05) is 6.07 Å². The number of nitro groups is 1. The van der Waals surface area contributed by atoms with E-state index in [0.717, 1.165) is 11.1 Å². The first-order valence-electron chi connectivity index (χ1n) is 5.27. The fourth-order valence-electron chi connectivity index (χ4n) is 1.62. The fraction of sp³-hybridized carbons (Fsp3) is 0.167. The Morgan fingerprint density at radius 3 is 2.88 bits per heavy atom. The average Bonchev–Trinajstić information content (AvgIpc) is 2.78. The largest absolute Gasteiger partial charge is 0.375 e. The second kappa shape index (κ2) is 4.69. The molecule has 0 atom stereocenters. The molecular formula is C12H13N3O2. The van der Waals surface area contributed by atoms with Crippen LogP contribution in [0.5, 0.6) is 0 Å². The van der Waals surface area contributed by atoms with E-state index >= 15 is 0 Å². The van der Waals surface area contributed by atoms with Gasteiger partial charge in [0, 0.05) is 25.0 Å². The first kappa shape index (κ1) is 11.2. The zero-order chi connectivity index (χ0) is 12.3. The van der Waals surface area contributed by atoms with Crippen LogP contribution in [0.25, 0.3) is 0 Å². The van der Waals surface area contributed by atoms with Crippen molar-refractivity contribution in [2.75, 3.05) is 5.32 Å². The molecule has 5 heteroatoms. The molecule has 17 heavy (non-hydrogen) atoms. The highest BCUT2D eigenvalue weighted by Gasteiger charge is 2.12. The molecule has 1 heterocycles. The lowest BCUT2D eigenvalue weighted by atomic mass is 10.2. The van der Waals surface area contributed by atoms with Crippen LogP contribution in [0.1, 0.15) is 11.1 Å². The minimum atomic E-state index is -0.376. The van der Waals surface area contributed by atoms with Gasteiger partial charge in [-0.25, -0.2) is 0 Å². The second-order valence-corrected chi connectivity index (χ2v) is 3.85. The van der Waals surface area contributed by atoms with E-state index in [1.807, 2.05) is 25.4 Å². The Labute approximate surface area is 98.6 Å². The molecule has 0 amide bonds. The van der Waals surface area contributed by atoms with Crippen molar-refractivity contribution < 1.29 is 4.92 Å². The van der Waals surface area contributed by atoms with Gasteiger partial charge >= 0.3 is 0 Å². The summed E-state index contributed by atoms with van der Waals surface area (Å²) in [6, 6.07) is 6.97. The van der Waals surface area contributed by atoms with E-state index in [2.05, 4.69) is 10.3 Å². The van der Waals surface area contributed by atoms with E-state index in [9.17, 15) is 10.1 Å². The average molecular weight is 231 g/mol. The van der Waals surface area contributed by atoms with Crippen LogP contribution < -0.4 is 5.32 Å². The summed E-state index contributed by atoms with van der Waals surface area (Å²) in [5, 5.41) is 13.9. The highest BCUT2D eigenvalue weighted by atomic mass is 16.6. The zero-order valence-electron chi connectivity index (χ0n) is 9.43. The molecular weight excluding hydrogens is 218 g/mol. The number of aryl methyl sites for hydroxylation is 1. The second-order valence-electron chi connectivity index (χ2n) is 3.85. The van der Waals surface area contributed by atoms with E-state index in [0.29, 0.717) is 12.2 Å². The first-order chi connectivity index (χ1) is 8.16.